The summed E-state index contributed by atoms with van der Waals surface area (Å²) in [6.45, 7) is 0.852. The minimum atomic E-state index is -0.356. The van der Waals surface area contributed by atoms with Crippen molar-refractivity contribution in [1.29, 1.82) is 0 Å². The number of nitrogens with one attached hydrogen (secondary N) is 1. The number of hydrogen-bond donors (Lipinski definition) is 1. The molecule has 0 unspecified atom stereocenters. The van der Waals surface area contributed by atoms with Crippen LogP contribution in [-0.2, 0) is 9.59 Å². The lowest BCUT2D eigenvalue weighted by atomic mass is 9.78. The van der Waals surface area contributed by atoms with E-state index in [1.54, 1.807) is 6.07 Å². The Labute approximate surface area is 157 Å². The van der Waals surface area contributed by atoms with Crippen LogP contribution < -0.4 is 5.32 Å². The van der Waals surface area contributed by atoms with Gasteiger partial charge in [-0.1, -0.05) is 24.4 Å². The average Bonchev–Trinajstić information content (AvgIpc) is 2.62. The molecule has 3 aliphatic rings. The largest absolute Gasteiger partial charge is 0.339 e. The topological polar surface area (TPSA) is 49.4 Å². The molecule has 0 aromatic heterocycles. The van der Waals surface area contributed by atoms with E-state index in [0.717, 1.165) is 30.0 Å². The molecule has 1 saturated heterocycles. The number of carbonyl (C=O) groups is 2. The van der Waals surface area contributed by atoms with Gasteiger partial charge in [-0.15, -0.1) is 11.8 Å². The minimum absolute atomic E-state index is 0.0923. The van der Waals surface area contributed by atoms with Crippen molar-refractivity contribution in [3.63, 3.8) is 0 Å². The van der Waals surface area contributed by atoms with Gasteiger partial charge in [0.15, 0.2) is 0 Å². The zero-order valence-corrected chi connectivity index (χ0v) is 15.7. The number of benzene rings is 1. The summed E-state index contributed by atoms with van der Waals surface area (Å²) in [4.78, 5) is 28.4. The summed E-state index contributed by atoms with van der Waals surface area (Å²) in [6, 6.07) is 5.90. The Morgan fingerprint density at radius 3 is 2.92 bits per heavy atom. The molecule has 2 aliphatic heterocycles. The van der Waals surface area contributed by atoms with Gasteiger partial charge < -0.3 is 10.2 Å². The first-order valence-electron chi connectivity index (χ1n) is 9.18. The fourth-order valence-corrected chi connectivity index (χ4v) is 5.72. The second-order valence-electron chi connectivity index (χ2n) is 7.28. The summed E-state index contributed by atoms with van der Waals surface area (Å²) in [5.41, 5.74) is 0.747. The minimum Gasteiger partial charge on any atom is -0.339 e. The van der Waals surface area contributed by atoms with Crippen LogP contribution in [-0.4, -0.2) is 34.6 Å². The van der Waals surface area contributed by atoms with E-state index >= 15 is 0 Å². The molecule has 1 N–H and O–H groups in total. The van der Waals surface area contributed by atoms with Crippen LogP contribution in [0.25, 0.3) is 0 Å². The lowest BCUT2D eigenvalue weighted by Crippen LogP contribution is -2.50. The normalized spacial score (nSPS) is 28.8. The highest BCUT2D eigenvalue weighted by Gasteiger charge is 2.38. The van der Waals surface area contributed by atoms with Gasteiger partial charge in [0.25, 0.3) is 0 Å². The number of likely N-dealkylation sites (tertiary alicyclic amines) is 1. The maximum Gasteiger partial charge on any atom is 0.238 e. The standard InChI is InChI=1S/C19H23ClN2O2S/c20-13-7-8-16-14(10-13)21-19(24)17(25-16)11-18(23)22-9-3-5-12-4-1-2-6-15(12)22/h7-8,10,12,15,17H,1-6,9,11H2,(H,21,24)/t12-,15-,17+/m0/s1. The molecule has 2 fully saturated rings. The fourth-order valence-electron chi connectivity index (χ4n) is 4.47. The summed E-state index contributed by atoms with van der Waals surface area (Å²) >= 11 is 7.47. The smallest absolute Gasteiger partial charge is 0.238 e. The SMILES string of the molecule is O=C1Nc2cc(Cl)ccc2S[C@@H]1CC(=O)N1CCC[C@@H]2CCCC[C@@H]21. The number of carbonyl (C=O) groups excluding carboxylic acids is 2. The number of anilines is 1. The van der Waals surface area contributed by atoms with E-state index in [4.69, 9.17) is 11.6 Å². The Kier molecular flexibility index (Phi) is 4.96. The molecule has 6 heteroatoms. The van der Waals surface area contributed by atoms with Crippen molar-refractivity contribution in [3.05, 3.63) is 23.2 Å². The molecular formula is C19H23ClN2O2S. The lowest BCUT2D eigenvalue weighted by Gasteiger charge is -2.44. The first kappa shape index (κ1) is 17.2. The summed E-state index contributed by atoms with van der Waals surface area (Å²) in [5.74, 6) is 0.717. The van der Waals surface area contributed by atoms with E-state index in [-0.39, 0.29) is 23.5 Å². The summed E-state index contributed by atoms with van der Waals surface area (Å²) in [5, 5.41) is 3.15. The van der Waals surface area contributed by atoms with Gasteiger partial charge >= 0.3 is 0 Å². The molecular weight excluding hydrogens is 356 g/mol. The number of halogens is 1. The van der Waals surface area contributed by atoms with E-state index < -0.39 is 0 Å². The van der Waals surface area contributed by atoms with Crippen LogP contribution in [0.2, 0.25) is 5.02 Å². The van der Waals surface area contributed by atoms with E-state index in [2.05, 4.69) is 10.2 Å². The van der Waals surface area contributed by atoms with Crippen LogP contribution in [0.15, 0.2) is 23.1 Å². The van der Waals surface area contributed by atoms with Crippen LogP contribution in [0.4, 0.5) is 5.69 Å². The van der Waals surface area contributed by atoms with Crippen molar-refractivity contribution in [1.82, 2.24) is 4.90 Å². The van der Waals surface area contributed by atoms with Crippen LogP contribution in [0.5, 0.6) is 0 Å². The Morgan fingerprint density at radius 1 is 1.24 bits per heavy atom. The van der Waals surface area contributed by atoms with Crippen LogP contribution in [0.3, 0.4) is 0 Å². The second kappa shape index (κ2) is 7.20. The van der Waals surface area contributed by atoms with Crippen molar-refractivity contribution in [2.24, 2.45) is 5.92 Å². The molecule has 4 nitrogen and oxygen atoms in total. The third-order valence-corrected chi connectivity index (χ3v) is 7.20. The predicted molar refractivity (Wildman–Crippen MR) is 101 cm³/mol. The fraction of sp³-hybridized carbons (Fsp3) is 0.579. The Bertz CT molecular complexity index is 694. The summed E-state index contributed by atoms with van der Waals surface area (Å²) < 4.78 is 0. The zero-order chi connectivity index (χ0) is 17.4. The van der Waals surface area contributed by atoms with Gasteiger partial charge in [0.1, 0.15) is 0 Å². The summed E-state index contributed by atoms with van der Waals surface area (Å²) in [6.07, 6.45) is 7.52. The first-order valence-corrected chi connectivity index (χ1v) is 10.4. The summed E-state index contributed by atoms with van der Waals surface area (Å²) in [7, 11) is 0. The molecule has 1 aliphatic carbocycles. The third kappa shape index (κ3) is 3.54. The molecule has 2 heterocycles. The van der Waals surface area contributed by atoms with Gasteiger partial charge in [0.05, 0.1) is 10.9 Å². The lowest BCUT2D eigenvalue weighted by molar-refractivity contribution is -0.138. The maximum atomic E-state index is 12.9. The van der Waals surface area contributed by atoms with E-state index in [0.29, 0.717) is 17.0 Å². The molecule has 0 spiro atoms. The van der Waals surface area contributed by atoms with E-state index in [1.165, 1.54) is 37.4 Å². The number of piperidine rings is 1. The molecule has 4 rings (SSSR count). The number of fused-ring (bicyclic) bond motifs is 2. The van der Waals surface area contributed by atoms with E-state index in [9.17, 15) is 9.59 Å². The van der Waals surface area contributed by atoms with Crippen molar-refractivity contribution in [2.45, 2.75) is 61.1 Å². The monoisotopic (exact) mass is 378 g/mol. The Morgan fingerprint density at radius 2 is 2.04 bits per heavy atom. The second-order valence-corrected chi connectivity index (χ2v) is 8.96. The number of nitrogens with zero attached hydrogens (tertiary/aromatic N) is 1. The zero-order valence-electron chi connectivity index (χ0n) is 14.2. The van der Waals surface area contributed by atoms with Crippen LogP contribution in [0.1, 0.15) is 44.9 Å². The van der Waals surface area contributed by atoms with E-state index in [1.807, 2.05) is 12.1 Å². The molecule has 134 valence electrons. The quantitative estimate of drug-likeness (QED) is 0.833. The van der Waals surface area contributed by atoms with Gasteiger partial charge in [0, 0.05) is 28.9 Å². The van der Waals surface area contributed by atoms with Crippen LogP contribution in [0, 0.1) is 5.92 Å². The first-order chi connectivity index (χ1) is 12.1. The highest BCUT2D eigenvalue weighted by Crippen LogP contribution is 2.40. The average molecular weight is 379 g/mol. The Hall–Kier alpha value is -1.20. The van der Waals surface area contributed by atoms with Gasteiger partial charge in [-0.05, 0) is 49.8 Å². The van der Waals surface area contributed by atoms with Crippen molar-refractivity contribution in [2.75, 3.05) is 11.9 Å². The number of thioether (sulfide) groups is 1. The van der Waals surface area contributed by atoms with Crippen molar-refractivity contribution < 1.29 is 9.59 Å². The molecule has 1 aromatic carbocycles. The Balaban J connectivity index is 1.45. The van der Waals surface area contributed by atoms with Crippen molar-refractivity contribution in [3.8, 4) is 0 Å². The molecule has 2 amide bonds. The van der Waals surface area contributed by atoms with Crippen molar-refractivity contribution >= 4 is 40.9 Å². The molecule has 1 aromatic rings. The molecule has 0 bridgehead atoms. The number of amides is 2. The highest BCUT2D eigenvalue weighted by atomic mass is 35.5. The number of hydrogen-bond acceptors (Lipinski definition) is 3. The van der Waals surface area contributed by atoms with Gasteiger partial charge in [0.2, 0.25) is 11.8 Å². The predicted octanol–water partition coefficient (Wildman–Crippen LogP) is 4.32. The molecule has 1 saturated carbocycles. The molecule has 0 radical (unpaired) electrons. The van der Waals surface area contributed by atoms with Gasteiger partial charge in [-0.2, -0.15) is 0 Å². The third-order valence-electron chi connectivity index (χ3n) is 5.68. The highest BCUT2D eigenvalue weighted by molar-refractivity contribution is 8.01. The van der Waals surface area contributed by atoms with Crippen LogP contribution >= 0.6 is 23.4 Å². The van der Waals surface area contributed by atoms with Gasteiger partial charge in [-0.3, -0.25) is 9.59 Å². The van der Waals surface area contributed by atoms with Gasteiger partial charge in [-0.25, -0.2) is 0 Å². The molecule has 25 heavy (non-hydrogen) atoms. The number of rotatable bonds is 2. The maximum absolute atomic E-state index is 12.9. The molecule has 3 atom stereocenters.